The van der Waals surface area contributed by atoms with Crippen LogP contribution in [0.2, 0.25) is 0 Å². The molecule has 2 aromatic rings. The predicted octanol–water partition coefficient (Wildman–Crippen LogP) is 3.44. The van der Waals surface area contributed by atoms with E-state index in [0.29, 0.717) is 0 Å². The van der Waals surface area contributed by atoms with E-state index in [4.69, 9.17) is 4.74 Å². The highest BCUT2D eigenvalue weighted by Crippen LogP contribution is 2.21. The average Bonchev–Trinajstić information content (AvgIpc) is 2.56. The molecule has 0 saturated carbocycles. The molecule has 0 saturated heterocycles. The molecule has 0 heterocycles. The molecule has 22 heavy (non-hydrogen) atoms. The van der Waals surface area contributed by atoms with Gasteiger partial charge in [-0.25, -0.2) is 0 Å². The Bertz CT molecular complexity index is 569. The molecule has 118 valence electrons. The lowest BCUT2D eigenvalue weighted by atomic mass is 10.1. The molecule has 0 aliphatic rings. The highest BCUT2D eigenvalue weighted by atomic mass is 16.5. The summed E-state index contributed by atoms with van der Waals surface area (Å²) in [6.07, 6.45) is 0. The number of benzene rings is 2. The third kappa shape index (κ3) is 4.58. The van der Waals surface area contributed by atoms with Crippen LogP contribution >= 0.6 is 0 Å². The summed E-state index contributed by atoms with van der Waals surface area (Å²) >= 11 is 0. The number of nitrogens with one attached hydrogen (secondary N) is 1. The molecular weight excluding hydrogens is 272 g/mol. The van der Waals surface area contributed by atoms with E-state index in [1.807, 2.05) is 7.05 Å². The number of methoxy groups -OCH3 is 1. The first-order chi connectivity index (χ1) is 10.8. The van der Waals surface area contributed by atoms with Crippen LogP contribution < -0.4 is 10.1 Å². The van der Waals surface area contributed by atoms with Gasteiger partial charge in [-0.05, 0) is 30.8 Å². The third-order valence-corrected chi connectivity index (χ3v) is 3.82. The van der Waals surface area contributed by atoms with Gasteiger partial charge in [0.05, 0.1) is 7.11 Å². The van der Waals surface area contributed by atoms with Crippen molar-refractivity contribution in [2.75, 3.05) is 20.7 Å². The van der Waals surface area contributed by atoms with E-state index in [9.17, 15) is 0 Å². The second kappa shape index (κ2) is 8.57. The van der Waals surface area contributed by atoms with E-state index in [1.54, 1.807) is 7.11 Å². The second-order valence-corrected chi connectivity index (χ2v) is 5.47. The average molecular weight is 298 g/mol. The summed E-state index contributed by atoms with van der Waals surface area (Å²) in [7, 11) is 3.69. The van der Waals surface area contributed by atoms with Crippen LogP contribution in [0.1, 0.15) is 23.6 Å². The van der Waals surface area contributed by atoms with E-state index in [1.165, 1.54) is 16.7 Å². The van der Waals surface area contributed by atoms with Crippen molar-refractivity contribution < 1.29 is 4.74 Å². The third-order valence-electron chi connectivity index (χ3n) is 3.82. The molecule has 2 aromatic carbocycles. The fourth-order valence-corrected chi connectivity index (χ4v) is 2.60. The highest BCUT2D eigenvalue weighted by molar-refractivity contribution is 5.37. The molecule has 0 aliphatic heterocycles. The number of rotatable bonds is 8. The maximum absolute atomic E-state index is 5.51. The zero-order valence-electron chi connectivity index (χ0n) is 13.8. The van der Waals surface area contributed by atoms with Crippen LogP contribution in [0.15, 0.2) is 48.5 Å². The van der Waals surface area contributed by atoms with E-state index in [0.717, 1.165) is 31.9 Å². The molecular formula is C19H26N2O. The van der Waals surface area contributed by atoms with Gasteiger partial charge in [0.2, 0.25) is 0 Å². The molecule has 0 radical (unpaired) electrons. The largest absolute Gasteiger partial charge is 0.496 e. The maximum atomic E-state index is 5.51. The smallest absolute Gasteiger partial charge is 0.123 e. The topological polar surface area (TPSA) is 24.5 Å². The monoisotopic (exact) mass is 298 g/mol. The number of hydrogen-bond acceptors (Lipinski definition) is 3. The van der Waals surface area contributed by atoms with Gasteiger partial charge in [-0.2, -0.15) is 0 Å². The van der Waals surface area contributed by atoms with Gasteiger partial charge in [0.25, 0.3) is 0 Å². The van der Waals surface area contributed by atoms with Gasteiger partial charge in [-0.15, -0.1) is 0 Å². The van der Waals surface area contributed by atoms with E-state index in [2.05, 4.69) is 65.7 Å². The summed E-state index contributed by atoms with van der Waals surface area (Å²) in [5.41, 5.74) is 3.83. The standard InChI is InChI=1S/C19H26N2O/c1-4-21(14-16-8-6-5-7-9-16)15-17-10-11-18(13-20-2)19(12-17)22-3/h5-12,20H,4,13-15H2,1-3H3. The minimum absolute atomic E-state index is 0.824. The molecule has 0 unspecified atom stereocenters. The minimum atomic E-state index is 0.824. The Morgan fingerprint density at radius 2 is 1.73 bits per heavy atom. The molecule has 0 aromatic heterocycles. The number of ether oxygens (including phenoxy) is 1. The van der Waals surface area contributed by atoms with E-state index in [-0.39, 0.29) is 0 Å². The number of nitrogens with zero attached hydrogens (tertiary/aromatic N) is 1. The zero-order valence-corrected chi connectivity index (χ0v) is 13.8. The van der Waals surface area contributed by atoms with Crippen LogP contribution in [0.3, 0.4) is 0 Å². The summed E-state index contributed by atoms with van der Waals surface area (Å²) < 4.78 is 5.51. The first kappa shape index (κ1) is 16.5. The maximum Gasteiger partial charge on any atom is 0.123 e. The summed E-state index contributed by atoms with van der Waals surface area (Å²) in [6.45, 7) is 5.95. The molecule has 3 nitrogen and oxygen atoms in total. The first-order valence-corrected chi connectivity index (χ1v) is 7.83. The lowest BCUT2D eigenvalue weighted by Crippen LogP contribution is -2.22. The predicted molar refractivity (Wildman–Crippen MR) is 92.0 cm³/mol. The summed E-state index contributed by atoms with van der Waals surface area (Å²) in [5.74, 6) is 0.961. The Morgan fingerprint density at radius 1 is 1.00 bits per heavy atom. The van der Waals surface area contributed by atoms with Crippen LogP contribution in [-0.4, -0.2) is 25.6 Å². The van der Waals surface area contributed by atoms with E-state index >= 15 is 0 Å². The minimum Gasteiger partial charge on any atom is -0.496 e. The summed E-state index contributed by atoms with van der Waals surface area (Å²) in [4.78, 5) is 2.43. The fourth-order valence-electron chi connectivity index (χ4n) is 2.60. The lowest BCUT2D eigenvalue weighted by Gasteiger charge is -2.21. The Labute approximate surface area is 133 Å². The Hall–Kier alpha value is -1.84. The molecule has 0 bridgehead atoms. The van der Waals surface area contributed by atoms with Crippen molar-refractivity contribution in [1.82, 2.24) is 10.2 Å². The Morgan fingerprint density at radius 3 is 2.36 bits per heavy atom. The highest BCUT2D eigenvalue weighted by Gasteiger charge is 2.08. The molecule has 2 rings (SSSR count). The summed E-state index contributed by atoms with van der Waals surface area (Å²) in [6, 6.07) is 17.1. The van der Waals surface area contributed by atoms with Gasteiger partial charge >= 0.3 is 0 Å². The van der Waals surface area contributed by atoms with Crippen LogP contribution in [0.4, 0.5) is 0 Å². The van der Waals surface area contributed by atoms with Crippen molar-refractivity contribution in [1.29, 1.82) is 0 Å². The Kier molecular flexibility index (Phi) is 6.44. The normalized spacial score (nSPS) is 10.9. The van der Waals surface area contributed by atoms with Gasteiger partial charge in [-0.3, -0.25) is 4.90 Å². The van der Waals surface area contributed by atoms with Crippen molar-refractivity contribution in [2.24, 2.45) is 0 Å². The summed E-state index contributed by atoms with van der Waals surface area (Å²) in [5, 5.41) is 3.17. The van der Waals surface area contributed by atoms with Gasteiger partial charge in [0, 0.05) is 25.2 Å². The van der Waals surface area contributed by atoms with Crippen molar-refractivity contribution in [3.8, 4) is 5.75 Å². The van der Waals surface area contributed by atoms with Crippen LogP contribution in [0.5, 0.6) is 5.75 Å². The Balaban J connectivity index is 2.07. The van der Waals surface area contributed by atoms with Gasteiger partial charge in [0.1, 0.15) is 5.75 Å². The molecule has 1 N–H and O–H groups in total. The van der Waals surface area contributed by atoms with Gasteiger partial charge in [-0.1, -0.05) is 49.4 Å². The van der Waals surface area contributed by atoms with Crippen molar-refractivity contribution in [2.45, 2.75) is 26.6 Å². The molecule has 3 heteroatoms. The van der Waals surface area contributed by atoms with Crippen LogP contribution in [0.25, 0.3) is 0 Å². The quantitative estimate of drug-likeness (QED) is 0.808. The van der Waals surface area contributed by atoms with E-state index < -0.39 is 0 Å². The second-order valence-electron chi connectivity index (χ2n) is 5.47. The lowest BCUT2D eigenvalue weighted by molar-refractivity contribution is 0.271. The molecule has 0 spiro atoms. The van der Waals surface area contributed by atoms with Gasteiger partial charge in [0.15, 0.2) is 0 Å². The number of hydrogen-bond donors (Lipinski definition) is 1. The molecule has 0 atom stereocenters. The fraction of sp³-hybridized carbons (Fsp3) is 0.368. The molecule has 0 fully saturated rings. The van der Waals surface area contributed by atoms with Crippen molar-refractivity contribution in [3.05, 3.63) is 65.2 Å². The first-order valence-electron chi connectivity index (χ1n) is 7.83. The van der Waals surface area contributed by atoms with Crippen molar-refractivity contribution >= 4 is 0 Å². The molecule has 0 amide bonds. The molecule has 0 aliphatic carbocycles. The zero-order chi connectivity index (χ0) is 15.8. The van der Waals surface area contributed by atoms with Crippen molar-refractivity contribution in [3.63, 3.8) is 0 Å². The van der Waals surface area contributed by atoms with Gasteiger partial charge < -0.3 is 10.1 Å². The van der Waals surface area contributed by atoms with Crippen LogP contribution in [-0.2, 0) is 19.6 Å². The SMILES string of the molecule is CCN(Cc1ccccc1)Cc1ccc(CNC)c(OC)c1. The van der Waals surface area contributed by atoms with Crippen LogP contribution in [0, 0.1) is 0 Å².